The third-order valence-electron chi connectivity index (χ3n) is 3.51. The lowest BCUT2D eigenvalue weighted by Gasteiger charge is -2.09. The largest absolute Gasteiger partial charge is 0.338 e. The lowest BCUT2D eigenvalue weighted by molar-refractivity contribution is 0.638. The van der Waals surface area contributed by atoms with Gasteiger partial charge in [0, 0.05) is 9.86 Å². The monoisotopic (exact) mass is 368 g/mol. The standard InChI is InChI=1S/C17H10BrFN4/c18-11-6-13(19)16-15(7-11)21-9-22-17(16)23-12-5-10-3-1-2-4-14(10)20-8-12/h1-9H,(H,21,22,23). The van der Waals surface area contributed by atoms with E-state index in [4.69, 9.17) is 0 Å². The molecule has 0 fully saturated rings. The molecular formula is C17H10BrFN4. The first-order chi connectivity index (χ1) is 11.2. The summed E-state index contributed by atoms with van der Waals surface area (Å²) in [7, 11) is 0. The minimum atomic E-state index is -0.383. The average Bonchev–Trinajstić information content (AvgIpc) is 2.54. The van der Waals surface area contributed by atoms with Gasteiger partial charge in [0.15, 0.2) is 0 Å². The minimum absolute atomic E-state index is 0.351. The molecule has 0 aliphatic heterocycles. The predicted octanol–water partition coefficient (Wildman–Crippen LogP) is 4.82. The van der Waals surface area contributed by atoms with Gasteiger partial charge in [-0.05, 0) is 24.3 Å². The molecule has 6 heteroatoms. The number of benzene rings is 2. The quantitative estimate of drug-likeness (QED) is 0.550. The maximum atomic E-state index is 14.3. The fourth-order valence-electron chi connectivity index (χ4n) is 2.48. The molecule has 2 heterocycles. The van der Waals surface area contributed by atoms with E-state index in [0.717, 1.165) is 16.6 Å². The topological polar surface area (TPSA) is 50.7 Å². The van der Waals surface area contributed by atoms with Gasteiger partial charge >= 0.3 is 0 Å². The van der Waals surface area contributed by atoms with Crippen molar-refractivity contribution in [3.05, 3.63) is 65.3 Å². The van der Waals surface area contributed by atoms with Gasteiger partial charge in [-0.2, -0.15) is 0 Å². The van der Waals surface area contributed by atoms with E-state index in [2.05, 4.69) is 36.2 Å². The summed E-state index contributed by atoms with van der Waals surface area (Å²) >= 11 is 3.27. The summed E-state index contributed by atoms with van der Waals surface area (Å²) in [6, 6.07) is 12.9. The van der Waals surface area contributed by atoms with Crippen molar-refractivity contribution in [3.63, 3.8) is 0 Å². The lowest BCUT2D eigenvalue weighted by Crippen LogP contribution is -1.98. The van der Waals surface area contributed by atoms with E-state index in [0.29, 0.717) is 21.2 Å². The molecule has 2 aromatic heterocycles. The second-order valence-electron chi connectivity index (χ2n) is 5.05. The van der Waals surface area contributed by atoms with Gasteiger partial charge in [-0.3, -0.25) is 4.98 Å². The van der Waals surface area contributed by atoms with Crippen LogP contribution in [0.1, 0.15) is 0 Å². The minimum Gasteiger partial charge on any atom is -0.338 e. The molecule has 0 saturated carbocycles. The van der Waals surface area contributed by atoms with Crippen LogP contribution in [0.4, 0.5) is 15.9 Å². The van der Waals surface area contributed by atoms with Crippen LogP contribution in [0.25, 0.3) is 21.8 Å². The predicted molar refractivity (Wildman–Crippen MR) is 92.2 cm³/mol. The van der Waals surface area contributed by atoms with Crippen LogP contribution in [0.2, 0.25) is 0 Å². The van der Waals surface area contributed by atoms with Crippen LogP contribution in [0.3, 0.4) is 0 Å². The Balaban J connectivity index is 1.82. The number of anilines is 2. The summed E-state index contributed by atoms with van der Waals surface area (Å²) in [5, 5.41) is 4.48. The number of aromatic nitrogens is 3. The molecule has 4 nitrogen and oxygen atoms in total. The van der Waals surface area contributed by atoms with Gasteiger partial charge in [0.05, 0.1) is 28.3 Å². The maximum absolute atomic E-state index is 14.3. The number of hydrogen-bond donors (Lipinski definition) is 1. The lowest BCUT2D eigenvalue weighted by atomic mass is 10.2. The number of nitrogens with one attached hydrogen (secondary N) is 1. The van der Waals surface area contributed by atoms with Crippen LogP contribution >= 0.6 is 15.9 Å². The normalized spacial score (nSPS) is 11.0. The van der Waals surface area contributed by atoms with Crippen molar-refractivity contribution in [1.82, 2.24) is 15.0 Å². The molecule has 0 unspecified atom stereocenters. The Hall–Kier alpha value is -2.60. The zero-order valence-corrected chi connectivity index (χ0v) is 13.4. The molecule has 0 atom stereocenters. The van der Waals surface area contributed by atoms with Crippen LogP contribution in [0, 0.1) is 5.82 Å². The molecule has 0 radical (unpaired) electrons. The van der Waals surface area contributed by atoms with Gasteiger partial charge in [0.25, 0.3) is 0 Å². The van der Waals surface area contributed by atoms with Crippen molar-refractivity contribution in [2.24, 2.45) is 0 Å². The van der Waals surface area contributed by atoms with Crippen LogP contribution in [-0.4, -0.2) is 15.0 Å². The van der Waals surface area contributed by atoms with Crippen molar-refractivity contribution in [2.75, 3.05) is 5.32 Å². The van der Waals surface area contributed by atoms with Crippen LogP contribution < -0.4 is 5.32 Å². The highest BCUT2D eigenvalue weighted by molar-refractivity contribution is 9.10. The Morgan fingerprint density at radius 1 is 0.957 bits per heavy atom. The summed E-state index contributed by atoms with van der Waals surface area (Å²) in [4.78, 5) is 12.7. The number of pyridine rings is 1. The van der Waals surface area contributed by atoms with E-state index in [1.165, 1.54) is 12.4 Å². The van der Waals surface area contributed by atoms with E-state index in [1.807, 2.05) is 30.3 Å². The zero-order chi connectivity index (χ0) is 15.8. The molecule has 4 aromatic rings. The summed E-state index contributed by atoms with van der Waals surface area (Å²) < 4.78 is 14.9. The highest BCUT2D eigenvalue weighted by atomic mass is 79.9. The van der Waals surface area contributed by atoms with Crippen LogP contribution in [-0.2, 0) is 0 Å². The highest BCUT2D eigenvalue weighted by Crippen LogP contribution is 2.28. The molecular weight excluding hydrogens is 359 g/mol. The summed E-state index contributed by atoms with van der Waals surface area (Å²) in [5.41, 5.74) is 2.18. The molecule has 0 aliphatic rings. The Labute approximate surface area is 139 Å². The zero-order valence-electron chi connectivity index (χ0n) is 11.8. The molecule has 0 saturated heterocycles. The van der Waals surface area contributed by atoms with E-state index in [-0.39, 0.29) is 5.82 Å². The van der Waals surface area contributed by atoms with Gasteiger partial charge in [-0.15, -0.1) is 0 Å². The first-order valence-electron chi connectivity index (χ1n) is 6.92. The number of fused-ring (bicyclic) bond motifs is 2. The molecule has 0 aliphatic carbocycles. The number of nitrogens with zero attached hydrogens (tertiary/aromatic N) is 3. The van der Waals surface area contributed by atoms with Gasteiger partial charge in [-0.1, -0.05) is 34.1 Å². The number of hydrogen-bond acceptors (Lipinski definition) is 4. The Morgan fingerprint density at radius 3 is 2.74 bits per heavy atom. The summed E-state index contributed by atoms with van der Waals surface area (Å²) in [6.07, 6.45) is 3.11. The third kappa shape index (κ3) is 2.61. The van der Waals surface area contributed by atoms with Crippen molar-refractivity contribution in [2.45, 2.75) is 0 Å². The fourth-order valence-corrected chi connectivity index (χ4v) is 2.90. The molecule has 112 valence electrons. The number of halogens is 2. The first kappa shape index (κ1) is 14.0. The molecule has 0 bridgehead atoms. The molecule has 23 heavy (non-hydrogen) atoms. The highest BCUT2D eigenvalue weighted by Gasteiger charge is 2.11. The number of rotatable bonds is 2. The van der Waals surface area contributed by atoms with Gasteiger partial charge in [0.2, 0.25) is 0 Å². The smallest absolute Gasteiger partial charge is 0.144 e. The van der Waals surface area contributed by atoms with Gasteiger partial charge in [-0.25, -0.2) is 14.4 Å². The Morgan fingerprint density at radius 2 is 1.83 bits per heavy atom. The summed E-state index contributed by atoms with van der Waals surface area (Å²) in [6.45, 7) is 0. The van der Waals surface area contributed by atoms with E-state index < -0.39 is 0 Å². The first-order valence-corrected chi connectivity index (χ1v) is 7.71. The summed E-state index contributed by atoms with van der Waals surface area (Å²) in [5.74, 6) is 0.0308. The SMILES string of the molecule is Fc1cc(Br)cc2ncnc(Nc3cnc4ccccc4c3)c12. The van der Waals surface area contributed by atoms with E-state index in [9.17, 15) is 4.39 Å². The van der Waals surface area contributed by atoms with Gasteiger partial charge < -0.3 is 5.32 Å². The van der Waals surface area contributed by atoms with Crippen LogP contribution in [0.15, 0.2) is 59.5 Å². The van der Waals surface area contributed by atoms with Crippen LogP contribution in [0.5, 0.6) is 0 Å². The van der Waals surface area contributed by atoms with Crippen molar-refractivity contribution in [1.29, 1.82) is 0 Å². The molecule has 1 N–H and O–H groups in total. The Kier molecular flexibility index (Phi) is 3.38. The van der Waals surface area contributed by atoms with Crippen molar-refractivity contribution in [3.8, 4) is 0 Å². The second kappa shape index (κ2) is 5.55. The molecule has 2 aromatic carbocycles. The van der Waals surface area contributed by atoms with Crippen molar-refractivity contribution < 1.29 is 4.39 Å². The number of para-hydroxylation sites is 1. The van der Waals surface area contributed by atoms with E-state index in [1.54, 1.807) is 12.3 Å². The van der Waals surface area contributed by atoms with E-state index >= 15 is 0 Å². The van der Waals surface area contributed by atoms with Gasteiger partial charge in [0.1, 0.15) is 18.0 Å². The fraction of sp³-hybridized carbons (Fsp3) is 0. The average molecular weight is 369 g/mol. The maximum Gasteiger partial charge on any atom is 0.144 e. The molecule has 0 amide bonds. The van der Waals surface area contributed by atoms with Crippen molar-refractivity contribution >= 4 is 49.2 Å². The Bertz CT molecular complexity index is 1040. The second-order valence-corrected chi connectivity index (χ2v) is 5.96. The molecule has 0 spiro atoms. The third-order valence-corrected chi connectivity index (χ3v) is 3.97. The molecule has 4 rings (SSSR count).